The number of sulfonamides is 1. The lowest BCUT2D eigenvalue weighted by Gasteiger charge is -2.46. The maximum atomic E-state index is 12.5. The molecule has 8 nitrogen and oxygen atoms in total. The summed E-state index contributed by atoms with van der Waals surface area (Å²) in [6.45, 7) is 6.42. The topological polar surface area (TPSA) is 98.2 Å². The van der Waals surface area contributed by atoms with Gasteiger partial charge in [-0.05, 0) is 6.42 Å². The monoisotopic (exact) mass is 401 g/mol. The van der Waals surface area contributed by atoms with Crippen molar-refractivity contribution in [1.82, 2.24) is 14.1 Å². The molecular weight excluding hydrogens is 379 g/mol. The molecule has 2 saturated heterocycles. The second-order valence-electron chi connectivity index (χ2n) is 6.14. The maximum absolute atomic E-state index is 12.5. The Hall–Kier alpha value is -1.66. The number of nitrogens with zero attached hydrogens (tertiary/aromatic N) is 3. The molecule has 1 spiro atoms. The molecule has 1 amide bonds. The van der Waals surface area contributed by atoms with Gasteiger partial charge in [-0.15, -0.1) is 6.58 Å². The number of carbonyl (C=O) groups excluding carboxylic acids is 1. The van der Waals surface area contributed by atoms with Gasteiger partial charge in [0.25, 0.3) is 0 Å². The number of aliphatic carboxylic acids is 1. The van der Waals surface area contributed by atoms with Gasteiger partial charge >= 0.3 is 12.1 Å². The van der Waals surface area contributed by atoms with E-state index in [4.69, 9.17) is 9.90 Å². The molecule has 1 unspecified atom stereocenters. The second kappa shape index (κ2) is 7.92. The number of carboxylic acid groups (broad SMARTS) is 1. The fourth-order valence-corrected chi connectivity index (χ4v) is 3.84. The molecule has 0 aromatic rings. The summed E-state index contributed by atoms with van der Waals surface area (Å²) in [5, 5.41) is 7.12. The number of hydrogen-bond acceptors (Lipinski definition) is 5. The highest BCUT2D eigenvalue weighted by Crippen LogP contribution is 2.33. The Morgan fingerprint density at radius 1 is 1.35 bits per heavy atom. The van der Waals surface area contributed by atoms with E-state index in [2.05, 4.69) is 11.5 Å². The standard InChI is InChI=1S/C12H21N3O3S.C2HF3O2/c1-4-6-14-9-8-13(2)11(16)12(14)5-7-15(10-12)19(3,17)18;3-2(4,5)1(6)7/h4H,1,5-10H2,2-3H3;(H,6,7). The van der Waals surface area contributed by atoms with Crippen LogP contribution in [0.5, 0.6) is 0 Å². The Morgan fingerprint density at radius 2 is 1.88 bits per heavy atom. The summed E-state index contributed by atoms with van der Waals surface area (Å²) in [7, 11) is -1.47. The molecule has 2 rings (SSSR count). The molecule has 2 heterocycles. The lowest BCUT2D eigenvalue weighted by Crippen LogP contribution is -2.66. The minimum Gasteiger partial charge on any atom is -0.475 e. The van der Waals surface area contributed by atoms with Crippen molar-refractivity contribution in [3.8, 4) is 0 Å². The van der Waals surface area contributed by atoms with E-state index in [1.54, 1.807) is 18.0 Å². The first-order valence-corrected chi connectivity index (χ1v) is 9.47. The lowest BCUT2D eigenvalue weighted by atomic mass is 9.91. The highest BCUT2D eigenvalue weighted by Gasteiger charge is 2.53. The maximum Gasteiger partial charge on any atom is 0.490 e. The Kier molecular flexibility index (Phi) is 6.82. The largest absolute Gasteiger partial charge is 0.490 e. The third kappa shape index (κ3) is 4.95. The molecule has 0 aliphatic carbocycles. The predicted molar refractivity (Wildman–Crippen MR) is 86.9 cm³/mol. The van der Waals surface area contributed by atoms with Crippen LogP contribution in [0.4, 0.5) is 13.2 Å². The average molecular weight is 401 g/mol. The molecule has 1 atom stereocenters. The van der Waals surface area contributed by atoms with Crippen molar-refractivity contribution in [2.24, 2.45) is 0 Å². The van der Waals surface area contributed by atoms with Crippen LogP contribution in [0.3, 0.4) is 0 Å². The molecule has 1 N–H and O–H groups in total. The lowest BCUT2D eigenvalue weighted by molar-refractivity contribution is -0.192. The number of alkyl halides is 3. The number of rotatable bonds is 3. The van der Waals surface area contributed by atoms with Crippen LogP contribution in [-0.2, 0) is 19.6 Å². The summed E-state index contributed by atoms with van der Waals surface area (Å²) in [5.74, 6) is -2.74. The fraction of sp³-hybridized carbons (Fsp3) is 0.714. The van der Waals surface area contributed by atoms with Gasteiger partial charge in [0, 0.05) is 39.8 Å². The second-order valence-corrected chi connectivity index (χ2v) is 8.12. The van der Waals surface area contributed by atoms with Gasteiger partial charge in [0.15, 0.2) is 0 Å². The number of halogens is 3. The molecule has 0 saturated carbocycles. The van der Waals surface area contributed by atoms with E-state index >= 15 is 0 Å². The fourth-order valence-electron chi connectivity index (χ4n) is 2.97. The first-order chi connectivity index (χ1) is 11.8. The van der Waals surface area contributed by atoms with Gasteiger partial charge in [-0.2, -0.15) is 17.5 Å². The quantitative estimate of drug-likeness (QED) is 0.668. The Labute approximate surface area is 149 Å². The number of carbonyl (C=O) groups is 2. The van der Waals surface area contributed by atoms with Gasteiger partial charge in [0.05, 0.1) is 6.26 Å². The summed E-state index contributed by atoms with van der Waals surface area (Å²) < 4.78 is 56.5. The van der Waals surface area contributed by atoms with Crippen LogP contribution in [0.15, 0.2) is 12.7 Å². The van der Waals surface area contributed by atoms with Crippen LogP contribution in [0.1, 0.15) is 6.42 Å². The molecule has 150 valence electrons. The molecule has 0 aromatic heterocycles. The van der Waals surface area contributed by atoms with Crippen molar-refractivity contribution in [2.75, 3.05) is 46.0 Å². The molecular formula is C14H22F3N3O5S. The Balaban J connectivity index is 0.000000412. The molecule has 0 bridgehead atoms. The third-order valence-corrected chi connectivity index (χ3v) is 5.58. The van der Waals surface area contributed by atoms with Gasteiger partial charge < -0.3 is 10.0 Å². The van der Waals surface area contributed by atoms with Gasteiger partial charge in [-0.25, -0.2) is 13.2 Å². The zero-order valence-corrected chi connectivity index (χ0v) is 15.3. The highest BCUT2D eigenvalue weighted by atomic mass is 32.2. The summed E-state index contributed by atoms with van der Waals surface area (Å²) in [6.07, 6.45) is -1.57. The zero-order valence-electron chi connectivity index (χ0n) is 14.5. The number of hydrogen-bond donors (Lipinski definition) is 1. The normalized spacial score (nSPS) is 25.1. The first kappa shape index (κ1) is 22.4. The molecule has 0 radical (unpaired) electrons. The minimum atomic E-state index is -5.08. The molecule has 12 heteroatoms. The van der Waals surface area contributed by atoms with Crippen molar-refractivity contribution >= 4 is 21.9 Å². The van der Waals surface area contributed by atoms with E-state index < -0.39 is 27.7 Å². The Bertz CT molecular complexity index is 667. The van der Waals surface area contributed by atoms with Gasteiger partial charge in [0.2, 0.25) is 15.9 Å². The van der Waals surface area contributed by atoms with Crippen molar-refractivity contribution < 1.29 is 36.3 Å². The van der Waals surface area contributed by atoms with Crippen LogP contribution >= 0.6 is 0 Å². The van der Waals surface area contributed by atoms with Crippen molar-refractivity contribution in [3.63, 3.8) is 0 Å². The molecule has 2 fully saturated rings. The van der Waals surface area contributed by atoms with Crippen molar-refractivity contribution in [1.29, 1.82) is 0 Å². The van der Waals surface area contributed by atoms with E-state index in [9.17, 15) is 26.4 Å². The molecule has 26 heavy (non-hydrogen) atoms. The van der Waals surface area contributed by atoms with E-state index in [1.807, 2.05) is 0 Å². The van der Waals surface area contributed by atoms with Gasteiger partial charge in [0.1, 0.15) is 5.54 Å². The molecule has 0 aromatic carbocycles. The van der Waals surface area contributed by atoms with Crippen LogP contribution in [0.2, 0.25) is 0 Å². The van der Waals surface area contributed by atoms with Crippen LogP contribution in [-0.4, -0.2) is 97.2 Å². The Morgan fingerprint density at radius 3 is 2.27 bits per heavy atom. The zero-order chi connectivity index (χ0) is 20.3. The summed E-state index contributed by atoms with van der Waals surface area (Å²) in [5.41, 5.74) is -0.704. The average Bonchev–Trinajstić information content (AvgIpc) is 2.94. The summed E-state index contributed by atoms with van der Waals surface area (Å²) in [4.78, 5) is 25.2. The van der Waals surface area contributed by atoms with Crippen LogP contribution in [0.25, 0.3) is 0 Å². The smallest absolute Gasteiger partial charge is 0.475 e. The van der Waals surface area contributed by atoms with E-state index in [1.165, 1.54) is 10.6 Å². The van der Waals surface area contributed by atoms with Crippen molar-refractivity contribution in [3.05, 3.63) is 12.7 Å². The van der Waals surface area contributed by atoms with Crippen LogP contribution < -0.4 is 0 Å². The summed E-state index contributed by atoms with van der Waals surface area (Å²) >= 11 is 0. The molecule has 2 aliphatic heterocycles. The minimum absolute atomic E-state index is 0.0201. The number of likely N-dealkylation sites (N-methyl/N-ethyl adjacent to an activating group) is 1. The van der Waals surface area contributed by atoms with Gasteiger partial charge in [-0.1, -0.05) is 6.08 Å². The van der Waals surface area contributed by atoms with E-state index in [0.29, 0.717) is 26.1 Å². The van der Waals surface area contributed by atoms with Gasteiger partial charge in [-0.3, -0.25) is 9.69 Å². The number of amides is 1. The SMILES string of the molecule is C=CCN1CCN(C)C(=O)C12CCN(S(C)(=O)=O)C2.O=C(O)C(F)(F)F. The number of piperazine rings is 1. The highest BCUT2D eigenvalue weighted by molar-refractivity contribution is 7.88. The van der Waals surface area contributed by atoms with Crippen molar-refractivity contribution in [2.45, 2.75) is 18.1 Å². The van der Waals surface area contributed by atoms with E-state index in [-0.39, 0.29) is 12.5 Å². The predicted octanol–water partition coefficient (Wildman–Crippen LogP) is -0.0162. The third-order valence-electron chi connectivity index (χ3n) is 4.33. The first-order valence-electron chi connectivity index (χ1n) is 7.62. The number of carboxylic acids is 1. The summed E-state index contributed by atoms with van der Waals surface area (Å²) in [6, 6.07) is 0. The van der Waals surface area contributed by atoms with Crippen LogP contribution in [0, 0.1) is 0 Å². The molecule has 2 aliphatic rings. The van der Waals surface area contributed by atoms with E-state index in [0.717, 1.165) is 6.54 Å².